The summed E-state index contributed by atoms with van der Waals surface area (Å²) < 4.78 is 10.4. The maximum absolute atomic E-state index is 12.7. The average molecular weight is 341 g/mol. The minimum absolute atomic E-state index is 0.00911. The standard InChI is InChI=1S/C17H19N5O3/c1-11-7-14(24-19-11)10-21-3-5-22(6-4-21)17(23)13-8-15-12(2)20-25-16(15)18-9-13/h7-9H,3-6,10H2,1-2H3. The van der Waals surface area contributed by atoms with Crippen LogP contribution in [0.1, 0.15) is 27.5 Å². The molecule has 1 aliphatic rings. The van der Waals surface area contributed by atoms with Gasteiger partial charge in [-0.1, -0.05) is 10.3 Å². The molecule has 8 heteroatoms. The summed E-state index contributed by atoms with van der Waals surface area (Å²) in [5, 5.41) is 8.57. The molecule has 25 heavy (non-hydrogen) atoms. The Kier molecular flexibility index (Phi) is 3.96. The van der Waals surface area contributed by atoms with Crippen LogP contribution in [0.3, 0.4) is 0 Å². The Morgan fingerprint density at radius 2 is 1.92 bits per heavy atom. The molecule has 1 aliphatic heterocycles. The highest BCUT2D eigenvalue weighted by atomic mass is 16.5. The van der Waals surface area contributed by atoms with Crippen molar-refractivity contribution in [3.05, 3.63) is 41.0 Å². The Balaban J connectivity index is 1.40. The number of fused-ring (bicyclic) bond motifs is 1. The third-order valence-electron chi connectivity index (χ3n) is 4.47. The summed E-state index contributed by atoms with van der Waals surface area (Å²) >= 11 is 0. The molecule has 4 rings (SSSR count). The summed E-state index contributed by atoms with van der Waals surface area (Å²) in [7, 11) is 0. The molecule has 4 heterocycles. The van der Waals surface area contributed by atoms with Gasteiger partial charge in [0.25, 0.3) is 11.6 Å². The smallest absolute Gasteiger partial charge is 0.257 e. The van der Waals surface area contributed by atoms with E-state index in [4.69, 9.17) is 9.05 Å². The van der Waals surface area contributed by atoms with Gasteiger partial charge in [0, 0.05) is 38.4 Å². The van der Waals surface area contributed by atoms with Gasteiger partial charge < -0.3 is 13.9 Å². The third-order valence-corrected chi connectivity index (χ3v) is 4.47. The summed E-state index contributed by atoms with van der Waals surface area (Å²) in [5.74, 6) is 0.847. The highest BCUT2D eigenvalue weighted by Crippen LogP contribution is 2.18. The van der Waals surface area contributed by atoms with E-state index in [1.54, 1.807) is 12.3 Å². The molecule has 8 nitrogen and oxygen atoms in total. The van der Waals surface area contributed by atoms with E-state index in [0.717, 1.165) is 42.2 Å². The molecular formula is C17H19N5O3. The van der Waals surface area contributed by atoms with E-state index in [-0.39, 0.29) is 5.91 Å². The molecule has 1 saturated heterocycles. The summed E-state index contributed by atoms with van der Waals surface area (Å²) in [6.07, 6.45) is 1.55. The zero-order valence-corrected chi connectivity index (χ0v) is 14.2. The molecular weight excluding hydrogens is 322 g/mol. The molecule has 0 spiro atoms. The molecule has 3 aromatic rings. The lowest BCUT2D eigenvalue weighted by molar-refractivity contribution is 0.0617. The number of carbonyl (C=O) groups is 1. The van der Waals surface area contributed by atoms with Gasteiger partial charge in [-0.15, -0.1) is 0 Å². The van der Waals surface area contributed by atoms with E-state index >= 15 is 0 Å². The lowest BCUT2D eigenvalue weighted by Crippen LogP contribution is -2.48. The molecule has 130 valence electrons. The van der Waals surface area contributed by atoms with Gasteiger partial charge in [0.2, 0.25) is 0 Å². The van der Waals surface area contributed by atoms with E-state index in [1.165, 1.54) is 0 Å². The zero-order valence-electron chi connectivity index (χ0n) is 14.2. The predicted octanol–water partition coefficient (Wildman–Crippen LogP) is 1.79. The van der Waals surface area contributed by atoms with Crippen molar-refractivity contribution in [3.8, 4) is 0 Å². The Hall–Kier alpha value is -2.74. The van der Waals surface area contributed by atoms with Gasteiger partial charge in [0.05, 0.1) is 28.9 Å². The fraction of sp³-hybridized carbons (Fsp3) is 0.412. The maximum atomic E-state index is 12.7. The molecule has 0 aromatic carbocycles. The molecule has 0 saturated carbocycles. The van der Waals surface area contributed by atoms with Crippen LogP contribution in [0, 0.1) is 13.8 Å². The third kappa shape index (κ3) is 3.12. The number of aryl methyl sites for hydroxylation is 2. The second-order valence-corrected chi connectivity index (χ2v) is 6.35. The van der Waals surface area contributed by atoms with Crippen LogP contribution in [0.4, 0.5) is 0 Å². The highest BCUT2D eigenvalue weighted by Gasteiger charge is 2.23. The lowest BCUT2D eigenvalue weighted by atomic mass is 10.1. The minimum Gasteiger partial charge on any atom is -0.360 e. The van der Waals surface area contributed by atoms with Gasteiger partial charge in [-0.25, -0.2) is 4.98 Å². The van der Waals surface area contributed by atoms with Crippen molar-refractivity contribution in [1.29, 1.82) is 0 Å². The van der Waals surface area contributed by atoms with Crippen molar-refractivity contribution in [3.63, 3.8) is 0 Å². The first kappa shape index (κ1) is 15.8. The van der Waals surface area contributed by atoms with Crippen LogP contribution in [0.2, 0.25) is 0 Å². The lowest BCUT2D eigenvalue weighted by Gasteiger charge is -2.34. The zero-order chi connectivity index (χ0) is 17.4. The predicted molar refractivity (Wildman–Crippen MR) is 89.0 cm³/mol. The summed E-state index contributed by atoms with van der Waals surface area (Å²) in [6, 6.07) is 3.75. The first-order chi connectivity index (χ1) is 12.1. The van der Waals surface area contributed by atoms with E-state index in [9.17, 15) is 4.79 Å². The van der Waals surface area contributed by atoms with Crippen molar-refractivity contribution in [2.45, 2.75) is 20.4 Å². The van der Waals surface area contributed by atoms with Gasteiger partial charge in [0.15, 0.2) is 5.76 Å². The first-order valence-corrected chi connectivity index (χ1v) is 8.26. The molecule has 3 aromatic heterocycles. The average Bonchev–Trinajstić information content (AvgIpc) is 3.20. The van der Waals surface area contributed by atoms with Crippen molar-refractivity contribution in [2.75, 3.05) is 26.2 Å². The molecule has 0 unspecified atom stereocenters. The van der Waals surface area contributed by atoms with Crippen molar-refractivity contribution in [1.82, 2.24) is 25.1 Å². The summed E-state index contributed by atoms with van der Waals surface area (Å²) in [4.78, 5) is 21.0. The Labute approximate surface area is 144 Å². The van der Waals surface area contributed by atoms with Crippen molar-refractivity contribution < 1.29 is 13.8 Å². The molecule has 1 amide bonds. The quantitative estimate of drug-likeness (QED) is 0.717. The minimum atomic E-state index is -0.00911. The van der Waals surface area contributed by atoms with Crippen LogP contribution >= 0.6 is 0 Å². The van der Waals surface area contributed by atoms with Crippen LogP contribution in [-0.2, 0) is 6.54 Å². The van der Waals surface area contributed by atoms with Crippen molar-refractivity contribution >= 4 is 17.0 Å². The van der Waals surface area contributed by atoms with Gasteiger partial charge in [-0.2, -0.15) is 0 Å². The second kappa shape index (κ2) is 6.29. The molecule has 1 fully saturated rings. The highest BCUT2D eigenvalue weighted by molar-refractivity contribution is 5.97. The number of aromatic nitrogens is 3. The number of carbonyl (C=O) groups excluding carboxylic acids is 1. The van der Waals surface area contributed by atoms with E-state index in [0.29, 0.717) is 24.4 Å². The Morgan fingerprint density at radius 3 is 2.64 bits per heavy atom. The number of rotatable bonds is 3. The topological polar surface area (TPSA) is 88.5 Å². The number of nitrogens with zero attached hydrogens (tertiary/aromatic N) is 5. The largest absolute Gasteiger partial charge is 0.360 e. The number of hydrogen-bond donors (Lipinski definition) is 0. The van der Waals surface area contributed by atoms with Gasteiger partial charge >= 0.3 is 0 Å². The Bertz CT molecular complexity index is 908. The monoisotopic (exact) mass is 341 g/mol. The maximum Gasteiger partial charge on any atom is 0.257 e. The van der Waals surface area contributed by atoms with Gasteiger partial charge in [0.1, 0.15) is 0 Å². The SMILES string of the molecule is Cc1cc(CN2CCN(C(=O)c3cnc4onc(C)c4c3)CC2)on1. The number of pyridine rings is 1. The van der Waals surface area contributed by atoms with Crippen LogP contribution in [-0.4, -0.2) is 57.2 Å². The van der Waals surface area contributed by atoms with E-state index in [1.807, 2.05) is 24.8 Å². The molecule has 0 atom stereocenters. The normalized spacial score (nSPS) is 15.8. The van der Waals surface area contributed by atoms with E-state index in [2.05, 4.69) is 20.2 Å². The summed E-state index contributed by atoms with van der Waals surface area (Å²) in [5.41, 5.74) is 2.65. The number of amides is 1. The first-order valence-electron chi connectivity index (χ1n) is 8.26. The molecule has 0 bridgehead atoms. The molecule has 0 radical (unpaired) electrons. The van der Waals surface area contributed by atoms with Gasteiger partial charge in [-0.3, -0.25) is 9.69 Å². The summed E-state index contributed by atoms with van der Waals surface area (Å²) in [6.45, 7) is 7.41. The van der Waals surface area contributed by atoms with Crippen LogP contribution < -0.4 is 0 Å². The number of piperazine rings is 1. The fourth-order valence-electron chi connectivity index (χ4n) is 3.06. The van der Waals surface area contributed by atoms with Crippen LogP contribution in [0.5, 0.6) is 0 Å². The Morgan fingerprint density at radius 1 is 1.12 bits per heavy atom. The van der Waals surface area contributed by atoms with Gasteiger partial charge in [-0.05, 0) is 19.9 Å². The fourth-order valence-corrected chi connectivity index (χ4v) is 3.06. The molecule has 0 N–H and O–H groups in total. The van der Waals surface area contributed by atoms with Crippen LogP contribution in [0.25, 0.3) is 11.1 Å². The molecule has 0 aliphatic carbocycles. The number of hydrogen-bond acceptors (Lipinski definition) is 7. The van der Waals surface area contributed by atoms with Crippen LogP contribution in [0.15, 0.2) is 27.4 Å². The van der Waals surface area contributed by atoms with Crippen molar-refractivity contribution in [2.24, 2.45) is 0 Å². The second-order valence-electron chi connectivity index (χ2n) is 6.35. The van der Waals surface area contributed by atoms with E-state index < -0.39 is 0 Å².